The second-order valence-electron chi connectivity index (χ2n) is 7.88. The first-order chi connectivity index (χ1) is 13.3. The highest BCUT2D eigenvalue weighted by atomic mass is 32.2. The van der Waals surface area contributed by atoms with Crippen molar-refractivity contribution in [2.75, 3.05) is 13.1 Å². The Bertz CT molecular complexity index is 776. The number of nitrogens with one attached hydrogen (secondary N) is 1. The molecular formula is C22H27N3OS. The Balaban J connectivity index is 1.32. The van der Waals surface area contributed by atoms with Crippen molar-refractivity contribution in [2.24, 2.45) is 4.99 Å². The number of hydrogen-bond acceptors (Lipinski definition) is 5. The zero-order valence-corrected chi connectivity index (χ0v) is 16.5. The summed E-state index contributed by atoms with van der Waals surface area (Å²) in [6.45, 7) is 3.13. The number of rotatable bonds is 5. The first-order valence-electron chi connectivity index (χ1n) is 10.2. The SMILES string of the molecule is C1=CN=CC(c2cc3c(c(OC4CCN(SC5CC5)CC4)c2)CNC=C3)C1. The molecule has 0 radical (unpaired) electrons. The number of allylic oxidation sites excluding steroid dienone is 1. The Labute approximate surface area is 165 Å². The Kier molecular flexibility index (Phi) is 4.97. The molecule has 1 saturated heterocycles. The summed E-state index contributed by atoms with van der Waals surface area (Å²) in [5.74, 6) is 1.42. The van der Waals surface area contributed by atoms with Gasteiger partial charge in [-0.2, -0.15) is 0 Å². The van der Waals surface area contributed by atoms with Gasteiger partial charge in [0.15, 0.2) is 0 Å². The van der Waals surface area contributed by atoms with E-state index < -0.39 is 0 Å². The average molecular weight is 382 g/mol. The number of aliphatic imine (C=N–C) groups is 1. The monoisotopic (exact) mass is 381 g/mol. The molecule has 1 aromatic carbocycles. The van der Waals surface area contributed by atoms with Gasteiger partial charge in [0.1, 0.15) is 11.9 Å². The highest BCUT2D eigenvalue weighted by molar-refractivity contribution is 7.97. The van der Waals surface area contributed by atoms with Gasteiger partial charge in [0.25, 0.3) is 0 Å². The molecule has 0 aromatic heterocycles. The maximum Gasteiger partial charge on any atom is 0.125 e. The molecule has 3 aliphatic heterocycles. The number of piperidine rings is 1. The van der Waals surface area contributed by atoms with Crippen LogP contribution in [0.3, 0.4) is 0 Å². The van der Waals surface area contributed by atoms with Crippen LogP contribution in [0.25, 0.3) is 6.08 Å². The van der Waals surface area contributed by atoms with Crippen LogP contribution < -0.4 is 10.1 Å². The number of benzene rings is 1. The van der Waals surface area contributed by atoms with Gasteiger partial charge in [-0.15, -0.1) is 0 Å². The predicted octanol–water partition coefficient (Wildman–Crippen LogP) is 4.49. The molecule has 0 amide bonds. The third-order valence-corrected chi connectivity index (χ3v) is 7.15. The number of hydrogen-bond donors (Lipinski definition) is 1. The molecule has 3 heterocycles. The lowest BCUT2D eigenvalue weighted by Gasteiger charge is -2.32. The van der Waals surface area contributed by atoms with E-state index in [1.807, 2.05) is 12.4 Å². The van der Waals surface area contributed by atoms with Crippen molar-refractivity contribution >= 4 is 24.2 Å². The Morgan fingerprint density at radius 2 is 2.04 bits per heavy atom. The van der Waals surface area contributed by atoms with Gasteiger partial charge in [-0.25, -0.2) is 0 Å². The van der Waals surface area contributed by atoms with Gasteiger partial charge in [-0.05, 0) is 61.6 Å². The summed E-state index contributed by atoms with van der Waals surface area (Å²) in [5, 5.41) is 4.24. The lowest BCUT2D eigenvalue weighted by molar-refractivity contribution is 0.137. The van der Waals surface area contributed by atoms with Crippen molar-refractivity contribution < 1.29 is 4.74 Å². The molecule has 1 saturated carbocycles. The zero-order chi connectivity index (χ0) is 18.1. The molecule has 1 unspecified atom stereocenters. The van der Waals surface area contributed by atoms with Crippen LogP contribution in [0.2, 0.25) is 0 Å². The van der Waals surface area contributed by atoms with E-state index in [1.54, 1.807) is 0 Å². The smallest absolute Gasteiger partial charge is 0.125 e. The fourth-order valence-electron chi connectivity index (χ4n) is 3.98. The van der Waals surface area contributed by atoms with Crippen molar-refractivity contribution in [2.45, 2.75) is 55.9 Å². The normalized spacial score (nSPS) is 25.3. The van der Waals surface area contributed by atoms with Crippen molar-refractivity contribution in [3.8, 4) is 5.75 Å². The van der Waals surface area contributed by atoms with Gasteiger partial charge in [-0.1, -0.05) is 24.1 Å². The number of nitrogens with zero attached hydrogens (tertiary/aromatic N) is 2. The van der Waals surface area contributed by atoms with Crippen LogP contribution in [-0.2, 0) is 6.54 Å². The van der Waals surface area contributed by atoms with Crippen molar-refractivity contribution in [1.29, 1.82) is 0 Å². The minimum absolute atomic E-state index is 0.325. The molecule has 0 spiro atoms. The van der Waals surface area contributed by atoms with Crippen molar-refractivity contribution in [3.63, 3.8) is 0 Å². The topological polar surface area (TPSA) is 36.9 Å². The first-order valence-corrected chi connectivity index (χ1v) is 11.0. The maximum absolute atomic E-state index is 6.58. The zero-order valence-electron chi connectivity index (χ0n) is 15.6. The van der Waals surface area contributed by atoms with Gasteiger partial charge < -0.3 is 10.1 Å². The minimum atomic E-state index is 0.325. The molecule has 2 fully saturated rings. The third kappa shape index (κ3) is 4.09. The average Bonchev–Trinajstić information content (AvgIpc) is 3.54. The largest absolute Gasteiger partial charge is 0.490 e. The van der Waals surface area contributed by atoms with Crippen molar-refractivity contribution in [1.82, 2.24) is 9.62 Å². The van der Waals surface area contributed by atoms with E-state index in [2.05, 4.69) is 57.1 Å². The second kappa shape index (κ2) is 7.72. The molecule has 1 aromatic rings. The molecule has 27 heavy (non-hydrogen) atoms. The summed E-state index contributed by atoms with van der Waals surface area (Å²) in [6, 6.07) is 4.57. The number of ether oxygens (including phenoxy) is 1. The van der Waals surface area contributed by atoms with E-state index in [1.165, 1.54) is 29.5 Å². The lowest BCUT2D eigenvalue weighted by Crippen LogP contribution is -2.35. The van der Waals surface area contributed by atoms with Crippen LogP contribution in [0.5, 0.6) is 5.75 Å². The Hall–Kier alpha value is -1.72. The minimum Gasteiger partial charge on any atom is -0.490 e. The Morgan fingerprint density at radius 3 is 2.81 bits per heavy atom. The van der Waals surface area contributed by atoms with Gasteiger partial charge >= 0.3 is 0 Å². The molecule has 0 bridgehead atoms. The van der Waals surface area contributed by atoms with Crippen LogP contribution in [0, 0.1) is 0 Å². The second-order valence-corrected chi connectivity index (χ2v) is 9.27. The summed E-state index contributed by atoms with van der Waals surface area (Å²) in [6.07, 6.45) is 16.7. The molecule has 1 atom stereocenters. The van der Waals surface area contributed by atoms with Crippen LogP contribution in [-0.4, -0.2) is 35.0 Å². The summed E-state index contributed by atoms with van der Waals surface area (Å²) in [7, 11) is 0. The van der Waals surface area contributed by atoms with E-state index in [4.69, 9.17) is 4.74 Å². The van der Waals surface area contributed by atoms with Gasteiger partial charge in [0.2, 0.25) is 0 Å². The number of fused-ring (bicyclic) bond motifs is 1. The lowest BCUT2D eigenvalue weighted by atomic mass is 9.91. The molecule has 5 rings (SSSR count). The van der Waals surface area contributed by atoms with Gasteiger partial charge in [-0.3, -0.25) is 9.30 Å². The van der Waals surface area contributed by atoms with Crippen LogP contribution in [0.15, 0.2) is 35.6 Å². The summed E-state index contributed by atoms with van der Waals surface area (Å²) in [5.41, 5.74) is 3.88. The molecule has 5 heteroatoms. The van der Waals surface area contributed by atoms with Crippen LogP contribution >= 0.6 is 11.9 Å². The molecule has 4 nitrogen and oxygen atoms in total. The Morgan fingerprint density at radius 1 is 1.15 bits per heavy atom. The molecule has 1 N–H and O–H groups in total. The summed E-state index contributed by atoms with van der Waals surface area (Å²) >= 11 is 2.08. The molecule has 142 valence electrons. The first kappa shape index (κ1) is 17.4. The fourth-order valence-corrected chi connectivity index (χ4v) is 5.17. The summed E-state index contributed by atoms with van der Waals surface area (Å²) in [4.78, 5) is 4.34. The van der Waals surface area contributed by atoms with Gasteiger partial charge in [0.05, 0.1) is 0 Å². The van der Waals surface area contributed by atoms with E-state index in [9.17, 15) is 0 Å². The van der Waals surface area contributed by atoms with Crippen LogP contribution in [0.4, 0.5) is 0 Å². The van der Waals surface area contributed by atoms with Crippen LogP contribution in [0.1, 0.15) is 54.7 Å². The molecule has 1 aliphatic carbocycles. The fraction of sp³-hybridized carbons (Fsp3) is 0.500. The highest BCUT2D eigenvalue weighted by Crippen LogP contribution is 2.38. The van der Waals surface area contributed by atoms with Gasteiger partial charge in [0, 0.05) is 48.8 Å². The standard InChI is InChI=1S/C22H27N3OS/c1-2-17(14-23-8-1)18-12-16-5-9-24-15-21(16)22(13-18)26-19-6-10-25(11-7-19)27-20-3-4-20/h1,5,8-9,12-14,17,19-20,24H,2-4,6-7,10-11,15H2. The summed E-state index contributed by atoms with van der Waals surface area (Å²) < 4.78 is 9.14. The van der Waals surface area contributed by atoms with E-state index >= 15 is 0 Å². The predicted molar refractivity (Wildman–Crippen MR) is 113 cm³/mol. The molecule has 4 aliphatic rings. The maximum atomic E-state index is 6.58. The van der Waals surface area contributed by atoms with E-state index in [0.29, 0.717) is 12.0 Å². The highest BCUT2D eigenvalue weighted by Gasteiger charge is 2.29. The molecular weight excluding hydrogens is 354 g/mol. The van der Waals surface area contributed by atoms with E-state index in [-0.39, 0.29) is 0 Å². The quantitative estimate of drug-likeness (QED) is 0.763. The van der Waals surface area contributed by atoms with E-state index in [0.717, 1.165) is 49.9 Å². The van der Waals surface area contributed by atoms with Crippen molar-refractivity contribution in [3.05, 3.63) is 47.3 Å². The third-order valence-electron chi connectivity index (χ3n) is 5.72.